The Kier molecular flexibility index (Phi) is 3.44. The molecule has 0 aliphatic carbocycles. The highest BCUT2D eigenvalue weighted by Gasteiger charge is 2.16. The van der Waals surface area contributed by atoms with Gasteiger partial charge in [0.05, 0.1) is 12.3 Å². The maximum atomic E-state index is 13.8. The van der Waals surface area contributed by atoms with E-state index in [0.717, 1.165) is 0 Å². The lowest BCUT2D eigenvalue weighted by Crippen LogP contribution is -2.26. The summed E-state index contributed by atoms with van der Waals surface area (Å²) in [7, 11) is 0. The number of hydrogen-bond donors (Lipinski definition) is 1. The molecular weight excluding hydrogens is 269 g/mol. The van der Waals surface area contributed by atoms with E-state index >= 15 is 0 Å². The molecule has 1 N–H and O–H groups in total. The lowest BCUT2D eigenvalue weighted by molar-refractivity contribution is 0.0937. The van der Waals surface area contributed by atoms with Crippen molar-refractivity contribution in [3.63, 3.8) is 0 Å². The maximum absolute atomic E-state index is 13.8. The molecule has 0 saturated carbocycles. The molecule has 3 aromatic rings. The first-order valence-corrected chi connectivity index (χ1v) is 6.68. The summed E-state index contributed by atoms with van der Waals surface area (Å²) in [5.41, 5.74) is 0.449. The predicted molar refractivity (Wildman–Crippen MR) is 78.5 cm³/mol. The summed E-state index contributed by atoms with van der Waals surface area (Å²) >= 11 is 0. The third-order valence-electron chi connectivity index (χ3n) is 3.43. The van der Waals surface area contributed by atoms with Gasteiger partial charge in [-0.1, -0.05) is 24.3 Å². The van der Waals surface area contributed by atoms with Crippen LogP contribution in [0.1, 0.15) is 29.1 Å². The Labute approximate surface area is 121 Å². The van der Waals surface area contributed by atoms with Crippen molar-refractivity contribution in [1.82, 2.24) is 5.32 Å². The predicted octanol–water partition coefficient (Wildman–Crippen LogP) is 4.06. The van der Waals surface area contributed by atoms with Crippen LogP contribution >= 0.6 is 0 Å². The zero-order chi connectivity index (χ0) is 14.8. The van der Waals surface area contributed by atoms with Crippen molar-refractivity contribution in [2.24, 2.45) is 0 Å². The second kappa shape index (κ2) is 5.40. The lowest BCUT2D eigenvalue weighted by atomic mass is 10.0. The van der Waals surface area contributed by atoms with Gasteiger partial charge in [-0.3, -0.25) is 4.79 Å². The Hall–Kier alpha value is -2.62. The van der Waals surface area contributed by atoms with Gasteiger partial charge >= 0.3 is 0 Å². The molecule has 1 aromatic heterocycles. The fraction of sp³-hybridized carbons (Fsp3) is 0.118. The molecule has 0 spiro atoms. The molecule has 3 rings (SSSR count). The Morgan fingerprint density at radius 3 is 2.57 bits per heavy atom. The number of rotatable bonds is 3. The van der Waals surface area contributed by atoms with Crippen LogP contribution in [0.5, 0.6) is 0 Å². The molecule has 4 heteroatoms. The Bertz CT molecular complexity index is 781. The molecular formula is C17H14FNO2. The molecule has 0 bridgehead atoms. The summed E-state index contributed by atoms with van der Waals surface area (Å²) in [5.74, 6) is 0.0890. The van der Waals surface area contributed by atoms with Gasteiger partial charge < -0.3 is 9.73 Å². The van der Waals surface area contributed by atoms with Gasteiger partial charge in [0.2, 0.25) is 0 Å². The molecule has 3 nitrogen and oxygen atoms in total. The average molecular weight is 283 g/mol. The zero-order valence-corrected chi connectivity index (χ0v) is 11.5. The number of furan rings is 1. The highest BCUT2D eigenvalue weighted by molar-refractivity contribution is 6.07. The largest absolute Gasteiger partial charge is 0.467 e. The molecule has 21 heavy (non-hydrogen) atoms. The molecule has 1 amide bonds. The molecule has 1 atom stereocenters. The van der Waals surface area contributed by atoms with Gasteiger partial charge in [-0.05, 0) is 36.6 Å². The van der Waals surface area contributed by atoms with Crippen LogP contribution in [0.15, 0.2) is 59.2 Å². The van der Waals surface area contributed by atoms with Gasteiger partial charge in [-0.2, -0.15) is 0 Å². The van der Waals surface area contributed by atoms with Gasteiger partial charge in [0.15, 0.2) is 0 Å². The number of carbonyl (C=O) groups excluding carboxylic acids is 1. The number of carbonyl (C=O) groups is 1. The van der Waals surface area contributed by atoms with E-state index in [4.69, 9.17) is 4.42 Å². The van der Waals surface area contributed by atoms with Crippen molar-refractivity contribution >= 4 is 16.7 Å². The van der Waals surface area contributed by atoms with E-state index < -0.39 is 0 Å². The molecule has 0 saturated heterocycles. The van der Waals surface area contributed by atoms with Crippen LogP contribution in [0, 0.1) is 5.82 Å². The quantitative estimate of drug-likeness (QED) is 0.787. The van der Waals surface area contributed by atoms with Crippen LogP contribution in [-0.4, -0.2) is 5.91 Å². The lowest BCUT2D eigenvalue weighted by Gasteiger charge is -2.13. The number of halogens is 1. The van der Waals surface area contributed by atoms with Crippen LogP contribution in [0.3, 0.4) is 0 Å². The Morgan fingerprint density at radius 1 is 1.10 bits per heavy atom. The number of benzene rings is 2. The smallest absolute Gasteiger partial charge is 0.252 e. The van der Waals surface area contributed by atoms with E-state index in [1.54, 1.807) is 42.7 Å². The number of amides is 1. The van der Waals surface area contributed by atoms with Gasteiger partial charge in [0.25, 0.3) is 5.91 Å². The van der Waals surface area contributed by atoms with Crippen molar-refractivity contribution in [2.75, 3.05) is 0 Å². The minimum Gasteiger partial charge on any atom is -0.467 e. The van der Waals surface area contributed by atoms with E-state index in [1.807, 2.05) is 6.92 Å². The maximum Gasteiger partial charge on any atom is 0.252 e. The molecule has 0 radical (unpaired) electrons. The molecule has 0 fully saturated rings. The molecule has 0 aliphatic rings. The second-order valence-electron chi connectivity index (χ2n) is 4.85. The highest BCUT2D eigenvalue weighted by Crippen LogP contribution is 2.22. The zero-order valence-electron chi connectivity index (χ0n) is 11.5. The molecule has 106 valence electrons. The Morgan fingerprint density at radius 2 is 1.86 bits per heavy atom. The van der Waals surface area contributed by atoms with E-state index in [-0.39, 0.29) is 17.8 Å². The van der Waals surface area contributed by atoms with E-state index in [9.17, 15) is 9.18 Å². The molecule has 1 heterocycles. The number of hydrogen-bond acceptors (Lipinski definition) is 2. The standard InChI is InChI=1S/C17H14FNO2/c1-11(16-7-4-10-21-16)19-17(20)14-8-9-15(18)13-6-3-2-5-12(13)14/h2-11H,1H3,(H,19,20). The van der Waals surface area contributed by atoms with Crippen molar-refractivity contribution in [2.45, 2.75) is 13.0 Å². The van der Waals surface area contributed by atoms with Gasteiger partial charge in [-0.25, -0.2) is 4.39 Å². The van der Waals surface area contributed by atoms with Crippen LogP contribution < -0.4 is 5.32 Å². The topological polar surface area (TPSA) is 42.2 Å². The van der Waals surface area contributed by atoms with Crippen molar-refractivity contribution in [3.05, 3.63) is 71.9 Å². The fourth-order valence-corrected chi connectivity index (χ4v) is 2.34. The summed E-state index contributed by atoms with van der Waals surface area (Å²) in [4.78, 5) is 12.4. The molecule has 1 unspecified atom stereocenters. The first-order chi connectivity index (χ1) is 10.2. The van der Waals surface area contributed by atoms with Gasteiger partial charge in [0.1, 0.15) is 11.6 Å². The SMILES string of the molecule is CC(NC(=O)c1ccc(F)c2ccccc12)c1ccco1. The summed E-state index contributed by atoms with van der Waals surface area (Å²) in [5, 5.41) is 3.89. The summed E-state index contributed by atoms with van der Waals surface area (Å²) < 4.78 is 19.0. The third kappa shape index (κ3) is 2.52. The van der Waals surface area contributed by atoms with Gasteiger partial charge in [-0.15, -0.1) is 0 Å². The number of nitrogens with one attached hydrogen (secondary N) is 1. The monoisotopic (exact) mass is 283 g/mol. The van der Waals surface area contributed by atoms with Crippen LogP contribution in [0.4, 0.5) is 4.39 Å². The minimum absolute atomic E-state index is 0.253. The van der Waals surface area contributed by atoms with E-state index in [2.05, 4.69) is 5.32 Å². The highest BCUT2D eigenvalue weighted by atomic mass is 19.1. The minimum atomic E-state index is -0.332. The molecule has 0 aliphatic heterocycles. The number of fused-ring (bicyclic) bond motifs is 1. The summed E-state index contributed by atoms with van der Waals surface area (Å²) in [6, 6.07) is 13.1. The average Bonchev–Trinajstić information content (AvgIpc) is 3.02. The summed E-state index contributed by atoms with van der Waals surface area (Å²) in [6.45, 7) is 1.84. The Balaban J connectivity index is 1.93. The van der Waals surface area contributed by atoms with Crippen molar-refractivity contribution in [3.8, 4) is 0 Å². The van der Waals surface area contributed by atoms with Crippen LogP contribution in [0.25, 0.3) is 10.8 Å². The van der Waals surface area contributed by atoms with Gasteiger partial charge in [0, 0.05) is 10.9 Å². The van der Waals surface area contributed by atoms with E-state index in [1.165, 1.54) is 12.1 Å². The fourth-order valence-electron chi connectivity index (χ4n) is 2.34. The van der Waals surface area contributed by atoms with Crippen molar-refractivity contribution < 1.29 is 13.6 Å². The van der Waals surface area contributed by atoms with Crippen LogP contribution in [0.2, 0.25) is 0 Å². The van der Waals surface area contributed by atoms with Crippen molar-refractivity contribution in [1.29, 1.82) is 0 Å². The first kappa shape index (κ1) is 13.4. The second-order valence-corrected chi connectivity index (χ2v) is 4.85. The summed E-state index contributed by atoms with van der Waals surface area (Å²) in [6.07, 6.45) is 1.56. The van der Waals surface area contributed by atoms with Crippen LogP contribution in [-0.2, 0) is 0 Å². The third-order valence-corrected chi connectivity index (χ3v) is 3.43. The normalized spacial score (nSPS) is 12.3. The first-order valence-electron chi connectivity index (χ1n) is 6.68. The molecule has 2 aromatic carbocycles. The van der Waals surface area contributed by atoms with E-state index in [0.29, 0.717) is 22.1 Å².